The molecule has 7 nitrogen and oxygen atoms in total. The van der Waals surface area contributed by atoms with Gasteiger partial charge in [0.15, 0.2) is 0 Å². The SMILES string of the molecule is O=CCCNC(=O)CCCOCC1CCC(COCCNC=O)CC1. The fourth-order valence-electron chi connectivity index (χ4n) is 2.95. The van der Waals surface area contributed by atoms with Crippen molar-refractivity contribution < 1.29 is 23.9 Å². The number of hydrogen-bond donors (Lipinski definition) is 2. The molecule has 1 rings (SSSR count). The van der Waals surface area contributed by atoms with Crippen molar-refractivity contribution in [1.82, 2.24) is 10.6 Å². The second kappa shape index (κ2) is 14.8. The van der Waals surface area contributed by atoms with Crippen LogP contribution in [0.1, 0.15) is 44.9 Å². The highest BCUT2D eigenvalue weighted by Gasteiger charge is 2.21. The van der Waals surface area contributed by atoms with Crippen LogP contribution in [0.3, 0.4) is 0 Å². The van der Waals surface area contributed by atoms with E-state index in [4.69, 9.17) is 9.47 Å². The molecule has 0 aromatic heterocycles. The summed E-state index contributed by atoms with van der Waals surface area (Å²) in [7, 11) is 0. The topological polar surface area (TPSA) is 93.7 Å². The molecular formula is C18H32N2O5. The van der Waals surface area contributed by atoms with Gasteiger partial charge in [-0.3, -0.25) is 9.59 Å². The van der Waals surface area contributed by atoms with Gasteiger partial charge in [0, 0.05) is 45.8 Å². The number of nitrogens with one attached hydrogen (secondary N) is 2. The van der Waals surface area contributed by atoms with Crippen LogP contribution in [-0.4, -0.2) is 58.1 Å². The summed E-state index contributed by atoms with van der Waals surface area (Å²) in [5, 5.41) is 5.28. The predicted octanol–water partition coefficient (Wildman–Crippen LogP) is 1.06. The van der Waals surface area contributed by atoms with Gasteiger partial charge in [-0.2, -0.15) is 0 Å². The molecule has 25 heavy (non-hydrogen) atoms. The first kappa shape index (κ1) is 21.6. The lowest BCUT2D eigenvalue weighted by Crippen LogP contribution is -2.25. The molecule has 0 heterocycles. The Morgan fingerprint density at radius 1 is 0.960 bits per heavy atom. The van der Waals surface area contributed by atoms with E-state index in [-0.39, 0.29) is 5.91 Å². The average molecular weight is 356 g/mol. The first-order valence-corrected chi connectivity index (χ1v) is 9.29. The third-order valence-corrected chi connectivity index (χ3v) is 4.42. The van der Waals surface area contributed by atoms with E-state index in [9.17, 15) is 14.4 Å². The van der Waals surface area contributed by atoms with Crippen LogP contribution in [0.25, 0.3) is 0 Å². The highest BCUT2D eigenvalue weighted by atomic mass is 16.5. The fourth-order valence-corrected chi connectivity index (χ4v) is 2.95. The normalized spacial score (nSPS) is 20.0. The van der Waals surface area contributed by atoms with Gasteiger partial charge in [-0.05, 0) is 43.9 Å². The molecule has 1 aliphatic rings. The molecule has 7 heteroatoms. The Bertz CT molecular complexity index is 370. The van der Waals surface area contributed by atoms with Crippen molar-refractivity contribution >= 4 is 18.6 Å². The molecule has 0 spiro atoms. The van der Waals surface area contributed by atoms with Crippen LogP contribution >= 0.6 is 0 Å². The highest BCUT2D eigenvalue weighted by Crippen LogP contribution is 2.29. The molecule has 2 N–H and O–H groups in total. The molecule has 0 saturated heterocycles. The van der Waals surface area contributed by atoms with Crippen molar-refractivity contribution in [3.8, 4) is 0 Å². The summed E-state index contributed by atoms with van der Waals surface area (Å²) in [6, 6.07) is 0. The van der Waals surface area contributed by atoms with Crippen molar-refractivity contribution in [3.63, 3.8) is 0 Å². The minimum absolute atomic E-state index is 0.0192. The molecular weight excluding hydrogens is 324 g/mol. The van der Waals surface area contributed by atoms with Gasteiger partial charge < -0.3 is 24.9 Å². The fraction of sp³-hybridized carbons (Fsp3) is 0.833. The summed E-state index contributed by atoms with van der Waals surface area (Å²) in [6.45, 7) is 3.71. The molecule has 0 aromatic rings. The molecule has 1 fully saturated rings. The van der Waals surface area contributed by atoms with Crippen molar-refractivity contribution in [3.05, 3.63) is 0 Å². The van der Waals surface area contributed by atoms with Crippen molar-refractivity contribution in [2.75, 3.05) is 39.5 Å². The number of ether oxygens (including phenoxy) is 2. The third-order valence-electron chi connectivity index (χ3n) is 4.42. The molecule has 0 radical (unpaired) electrons. The van der Waals surface area contributed by atoms with Gasteiger partial charge in [0.25, 0.3) is 0 Å². The van der Waals surface area contributed by atoms with Crippen LogP contribution < -0.4 is 10.6 Å². The Morgan fingerprint density at radius 3 is 2.20 bits per heavy atom. The Kier molecular flexibility index (Phi) is 12.8. The molecule has 1 saturated carbocycles. The largest absolute Gasteiger partial charge is 0.381 e. The zero-order chi connectivity index (χ0) is 18.2. The zero-order valence-electron chi connectivity index (χ0n) is 15.0. The van der Waals surface area contributed by atoms with Crippen LogP contribution in [0.15, 0.2) is 0 Å². The van der Waals surface area contributed by atoms with Crippen LogP contribution in [0.2, 0.25) is 0 Å². The standard InChI is InChI=1S/C18H32N2O5/c21-10-2-8-20-18(23)3-1-11-24-13-16-4-6-17(7-5-16)14-25-12-9-19-15-22/h10,15-17H,1-9,11-14H2,(H,19,22)(H,20,23). The van der Waals surface area contributed by atoms with Gasteiger partial charge in [-0.15, -0.1) is 0 Å². The van der Waals surface area contributed by atoms with Crippen LogP contribution in [0.5, 0.6) is 0 Å². The molecule has 0 aromatic carbocycles. The van der Waals surface area contributed by atoms with Gasteiger partial charge in [-0.25, -0.2) is 0 Å². The monoisotopic (exact) mass is 356 g/mol. The van der Waals surface area contributed by atoms with E-state index in [0.717, 1.165) is 45.2 Å². The summed E-state index contributed by atoms with van der Waals surface area (Å²) in [5.41, 5.74) is 0. The van der Waals surface area contributed by atoms with Gasteiger partial charge in [0.1, 0.15) is 6.29 Å². The lowest BCUT2D eigenvalue weighted by molar-refractivity contribution is -0.121. The highest BCUT2D eigenvalue weighted by molar-refractivity contribution is 5.76. The van der Waals surface area contributed by atoms with Crippen LogP contribution in [0.4, 0.5) is 0 Å². The van der Waals surface area contributed by atoms with E-state index in [2.05, 4.69) is 10.6 Å². The average Bonchev–Trinajstić information content (AvgIpc) is 2.62. The number of hydrogen-bond acceptors (Lipinski definition) is 5. The summed E-state index contributed by atoms with van der Waals surface area (Å²) in [4.78, 5) is 31.7. The van der Waals surface area contributed by atoms with Crippen molar-refractivity contribution in [2.45, 2.75) is 44.9 Å². The maximum absolute atomic E-state index is 11.4. The van der Waals surface area contributed by atoms with Crippen LogP contribution in [0, 0.1) is 11.8 Å². The minimum Gasteiger partial charge on any atom is -0.381 e. The predicted molar refractivity (Wildman–Crippen MR) is 94.1 cm³/mol. The van der Waals surface area contributed by atoms with Crippen LogP contribution in [-0.2, 0) is 23.9 Å². The zero-order valence-corrected chi connectivity index (χ0v) is 15.0. The Labute approximate surface area is 150 Å². The van der Waals surface area contributed by atoms with E-state index >= 15 is 0 Å². The van der Waals surface area contributed by atoms with Gasteiger partial charge in [0.05, 0.1) is 6.61 Å². The van der Waals surface area contributed by atoms with E-state index < -0.39 is 0 Å². The van der Waals surface area contributed by atoms with E-state index in [0.29, 0.717) is 63.8 Å². The van der Waals surface area contributed by atoms with Gasteiger partial charge in [-0.1, -0.05) is 0 Å². The first-order valence-electron chi connectivity index (χ1n) is 9.29. The maximum atomic E-state index is 11.4. The Balaban J connectivity index is 1.92. The summed E-state index contributed by atoms with van der Waals surface area (Å²) in [6.07, 6.45) is 7.66. The first-order chi connectivity index (χ1) is 12.3. The van der Waals surface area contributed by atoms with Gasteiger partial charge >= 0.3 is 0 Å². The number of aldehydes is 1. The molecule has 0 atom stereocenters. The quantitative estimate of drug-likeness (QED) is 0.338. The molecule has 1 aliphatic carbocycles. The lowest BCUT2D eigenvalue weighted by atomic mass is 9.83. The Morgan fingerprint density at radius 2 is 1.60 bits per heavy atom. The summed E-state index contributed by atoms with van der Waals surface area (Å²) < 4.78 is 11.3. The molecule has 0 aliphatic heterocycles. The number of carbonyl (C=O) groups is 3. The third kappa shape index (κ3) is 11.7. The van der Waals surface area contributed by atoms with Crippen molar-refractivity contribution in [2.24, 2.45) is 11.8 Å². The maximum Gasteiger partial charge on any atom is 0.220 e. The molecule has 0 unspecified atom stereocenters. The molecule has 2 amide bonds. The van der Waals surface area contributed by atoms with E-state index in [1.165, 1.54) is 0 Å². The summed E-state index contributed by atoms with van der Waals surface area (Å²) >= 11 is 0. The second-order valence-corrected chi connectivity index (χ2v) is 6.52. The lowest BCUT2D eigenvalue weighted by Gasteiger charge is -2.28. The smallest absolute Gasteiger partial charge is 0.220 e. The number of amides is 2. The van der Waals surface area contributed by atoms with Gasteiger partial charge in [0.2, 0.25) is 12.3 Å². The van der Waals surface area contributed by atoms with E-state index in [1.54, 1.807) is 0 Å². The second-order valence-electron chi connectivity index (χ2n) is 6.52. The Hall–Kier alpha value is -1.47. The summed E-state index contributed by atoms with van der Waals surface area (Å²) in [5.74, 6) is 1.20. The van der Waals surface area contributed by atoms with E-state index in [1.807, 2.05) is 0 Å². The number of rotatable bonds is 15. The number of carbonyl (C=O) groups excluding carboxylic acids is 3. The van der Waals surface area contributed by atoms with Crippen molar-refractivity contribution in [1.29, 1.82) is 0 Å². The minimum atomic E-state index is -0.0192. The molecule has 0 bridgehead atoms. The molecule has 144 valence electrons.